The number of hydrogen-bond donors (Lipinski definition) is 1. The van der Waals surface area contributed by atoms with Crippen LogP contribution in [0.3, 0.4) is 0 Å². The summed E-state index contributed by atoms with van der Waals surface area (Å²) in [5, 5.41) is 3.48. The van der Waals surface area contributed by atoms with Crippen LogP contribution >= 0.6 is 11.8 Å². The highest BCUT2D eigenvalue weighted by atomic mass is 32.2. The molecule has 0 spiro atoms. The van der Waals surface area contributed by atoms with Crippen LogP contribution in [0.2, 0.25) is 0 Å². The smallest absolute Gasteiger partial charge is 0.240 e. The summed E-state index contributed by atoms with van der Waals surface area (Å²) in [6.07, 6.45) is 7.42. The Kier molecular flexibility index (Phi) is 6.57. The number of aromatic nitrogens is 2. The SMILES string of the molecule is O=C([C@@H]1CSC(c2cnccn2)N1)N1CCN(CCCc2ccccc2)CC1. The molecule has 0 bridgehead atoms. The lowest BCUT2D eigenvalue weighted by Crippen LogP contribution is -2.53. The monoisotopic (exact) mass is 397 g/mol. The largest absolute Gasteiger partial charge is 0.339 e. The first-order valence-electron chi connectivity index (χ1n) is 9.98. The first kappa shape index (κ1) is 19.4. The summed E-state index contributed by atoms with van der Waals surface area (Å²) in [5.74, 6) is 1.01. The van der Waals surface area contributed by atoms with E-state index in [9.17, 15) is 4.79 Å². The summed E-state index contributed by atoms with van der Waals surface area (Å²) < 4.78 is 0. The molecule has 3 heterocycles. The molecular weight excluding hydrogens is 370 g/mol. The highest BCUT2D eigenvalue weighted by Gasteiger charge is 2.34. The van der Waals surface area contributed by atoms with Gasteiger partial charge in [0.2, 0.25) is 5.91 Å². The van der Waals surface area contributed by atoms with Crippen molar-refractivity contribution in [2.75, 3.05) is 38.5 Å². The topological polar surface area (TPSA) is 61.4 Å². The number of rotatable bonds is 6. The number of thioether (sulfide) groups is 1. The zero-order valence-electron chi connectivity index (χ0n) is 16.0. The zero-order chi connectivity index (χ0) is 19.2. The Labute approximate surface area is 170 Å². The highest BCUT2D eigenvalue weighted by molar-refractivity contribution is 7.99. The maximum absolute atomic E-state index is 12.9. The van der Waals surface area contributed by atoms with Gasteiger partial charge in [-0.25, -0.2) is 0 Å². The molecule has 1 aromatic carbocycles. The second-order valence-electron chi connectivity index (χ2n) is 7.32. The van der Waals surface area contributed by atoms with Crippen LogP contribution in [-0.2, 0) is 11.2 Å². The van der Waals surface area contributed by atoms with Gasteiger partial charge >= 0.3 is 0 Å². The molecule has 148 valence electrons. The standard InChI is InChI=1S/C21H27N5OS/c27-21(19-16-28-20(24-19)18-15-22-8-9-23-18)26-13-11-25(12-14-26)10-4-7-17-5-2-1-3-6-17/h1-3,5-6,8-9,15,19-20,24H,4,7,10-14,16H2/t19-,20?/m0/s1. The van der Waals surface area contributed by atoms with Gasteiger partial charge in [0.05, 0.1) is 23.3 Å². The predicted octanol–water partition coefficient (Wildman–Crippen LogP) is 1.96. The fourth-order valence-electron chi connectivity index (χ4n) is 3.79. The van der Waals surface area contributed by atoms with Crippen LogP contribution in [0.15, 0.2) is 48.9 Å². The minimum Gasteiger partial charge on any atom is -0.339 e. The zero-order valence-corrected chi connectivity index (χ0v) is 16.9. The normalized spacial score (nSPS) is 23.1. The minimum absolute atomic E-state index is 0.0573. The van der Waals surface area contributed by atoms with Crippen molar-refractivity contribution in [3.63, 3.8) is 0 Å². The third-order valence-corrected chi connectivity index (χ3v) is 6.64. The van der Waals surface area contributed by atoms with Gasteiger partial charge in [0.25, 0.3) is 0 Å². The molecule has 6 nitrogen and oxygen atoms in total. The number of amides is 1. The maximum atomic E-state index is 12.9. The van der Waals surface area contributed by atoms with Crippen molar-refractivity contribution in [2.45, 2.75) is 24.3 Å². The molecule has 2 aliphatic rings. The average Bonchev–Trinajstić information content (AvgIpc) is 3.25. The fraction of sp³-hybridized carbons (Fsp3) is 0.476. The summed E-state index contributed by atoms with van der Waals surface area (Å²) in [4.78, 5) is 25.8. The lowest BCUT2D eigenvalue weighted by atomic mass is 10.1. The van der Waals surface area contributed by atoms with E-state index in [2.05, 4.69) is 50.5 Å². The van der Waals surface area contributed by atoms with E-state index in [0.717, 1.165) is 50.6 Å². The lowest BCUT2D eigenvalue weighted by molar-refractivity contribution is -0.134. The summed E-state index contributed by atoms with van der Waals surface area (Å²) >= 11 is 1.73. The van der Waals surface area contributed by atoms with Gasteiger partial charge in [-0.15, -0.1) is 11.8 Å². The van der Waals surface area contributed by atoms with E-state index in [-0.39, 0.29) is 17.3 Å². The summed E-state index contributed by atoms with van der Waals surface area (Å²) in [5.41, 5.74) is 2.30. The number of hydrogen-bond acceptors (Lipinski definition) is 6. The molecule has 1 amide bonds. The first-order valence-corrected chi connectivity index (χ1v) is 11.0. The molecular formula is C21H27N5OS. The van der Waals surface area contributed by atoms with E-state index in [1.54, 1.807) is 30.4 Å². The maximum Gasteiger partial charge on any atom is 0.240 e. The molecule has 2 atom stereocenters. The average molecular weight is 398 g/mol. The van der Waals surface area contributed by atoms with Gasteiger partial charge in [-0.1, -0.05) is 30.3 Å². The van der Waals surface area contributed by atoms with E-state index < -0.39 is 0 Å². The van der Waals surface area contributed by atoms with Crippen molar-refractivity contribution in [1.29, 1.82) is 0 Å². The lowest BCUT2D eigenvalue weighted by Gasteiger charge is -2.36. The molecule has 7 heteroatoms. The third kappa shape index (κ3) is 4.90. The Morgan fingerprint density at radius 3 is 2.71 bits per heavy atom. The third-order valence-electron chi connectivity index (χ3n) is 5.40. The van der Waals surface area contributed by atoms with Gasteiger partial charge in [-0.2, -0.15) is 0 Å². The van der Waals surface area contributed by atoms with E-state index in [1.807, 2.05) is 4.90 Å². The predicted molar refractivity (Wildman–Crippen MR) is 112 cm³/mol. The van der Waals surface area contributed by atoms with Crippen LogP contribution in [0.5, 0.6) is 0 Å². The summed E-state index contributed by atoms with van der Waals surface area (Å²) in [7, 11) is 0. The molecule has 4 rings (SSSR count). The van der Waals surface area contributed by atoms with E-state index in [4.69, 9.17) is 0 Å². The van der Waals surface area contributed by atoms with Crippen LogP contribution in [-0.4, -0.2) is 70.2 Å². The molecule has 2 saturated heterocycles. The van der Waals surface area contributed by atoms with E-state index in [1.165, 1.54) is 12.0 Å². The molecule has 1 N–H and O–H groups in total. The number of nitrogens with one attached hydrogen (secondary N) is 1. The molecule has 0 aliphatic carbocycles. The van der Waals surface area contributed by atoms with Crippen molar-refractivity contribution in [1.82, 2.24) is 25.1 Å². The van der Waals surface area contributed by atoms with Crippen molar-refractivity contribution in [3.8, 4) is 0 Å². The van der Waals surface area contributed by atoms with Gasteiger partial charge in [-0.05, 0) is 24.9 Å². The molecule has 2 fully saturated rings. The van der Waals surface area contributed by atoms with Crippen LogP contribution < -0.4 is 5.32 Å². The number of piperazine rings is 1. The quantitative estimate of drug-likeness (QED) is 0.804. The van der Waals surface area contributed by atoms with Gasteiger partial charge in [0.15, 0.2) is 0 Å². The second-order valence-corrected chi connectivity index (χ2v) is 8.46. The number of carbonyl (C=O) groups is 1. The first-order chi connectivity index (χ1) is 13.8. The van der Waals surface area contributed by atoms with Gasteiger partial charge in [0.1, 0.15) is 0 Å². The van der Waals surface area contributed by atoms with Crippen LogP contribution in [0, 0.1) is 0 Å². The molecule has 28 heavy (non-hydrogen) atoms. The van der Waals surface area contributed by atoms with Gasteiger partial charge in [0, 0.05) is 44.3 Å². The minimum atomic E-state index is -0.123. The van der Waals surface area contributed by atoms with Crippen molar-refractivity contribution >= 4 is 17.7 Å². The Morgan fingerprint density at radius 1 is 1.14 bits per heavy atom. The highest BCUT2D eigenvalue weighted by Crippen LogP contribution is 2.31. The van der Waals surface area contributed by atoms with Crippen molar-refractivity contribution in [3.05, 3.63) is 60.2 Å². The molecule has 2 aromatic rings. The van der Waals surface area contributed by atoms with Crippen molar-refractivity contribution < 1.29 is 4.79 Å². The van der Waals surface area contributed by atoms with Crippen LogP contribution in [0.4, 0.5) is 0 Å². The number of benzene rings is 1. The van der Waals surface area contributed by atoms with Crippen molar-refractivity contribution in [2.24, 2.45) is 0 Å². The number of carbonyl (C=O) groups excluding carboxylic acids is 1. The van der Waals surface area contributed by atoms with Crippen LogP contribution in [0.1, 0.15) is 23.1 Å². The summed E-state index contributed by atoms with van der Waals surface area (Å²) in [6, 6.07) is 10.5. The van der Waals surface area contributed by atoms with E-state index in [0.29, 0.717) is 0 Å². The van der Waals surface area contributed by atoms with E-state index >= 15 is 0 Å². The fourth-order valence-corrected chi connectivity index (χ4v) is 4.97. The van der Waals surface area contributed by atoms with Gasteiger partial charge < -0.3 is 4.90 Å². The Hall–Kier alpha value is -1.96. The molecule has 1 unspecified atom stereocenters. The Bertz CT molecular complexity index is 752. The molecule has 2 aliphatic heterocycles. The molecule has 0 radical (unpaired) electrons. The Balaban J connectivity index is 1.19. The van der Waals surface area contributed by atoms with Gasteiger partial charge in [-0.3, -0.25) is 25.0 Å². The molecule has 1 aromatic heterocycles. The Morgan fingerprint density at radius 2 is 1.96 bits per heavy atom. The molecule has 0 saturated carbocycles. The number of nitrogens with zero attached hydrogens (tertiary/aromatic N) is 4. The van der Waals surface area contributed by atoms with Crippen LogP contribution in [0.25, 0.3) is 0 Å². The summed E-state index contributed by atoms with van der Waals surface area (Å²) in [6.45, 7) is 4.68. The number of aryl methyl sites for hydroxylation is 1. The second kappa shape index (κ2) is 9.49.